The molecule has 0 spiro atoms. The molecule has 1 heterocycles. The maximum atomic E-state index is 12.9. The molecule has 2 aromatic rings. The number of methoxy groups -OCH3 is 1. The van der Waals surface area contributed by atoms with E-state index in [2.05, 4.69) is 25.8 Å². The lowest BCUT2D eigenvalue weighted by Gasteiger charge is -2.04. The van der Waals surface area contributed by atoms with Gasteiger partial charge in [0.25, 0.3) is 0 Å². The summed E-state index contributed by atoms with van der Waals surface area (Å²) in [6.45, 7) is 0. The van der Waals surface area contributed by atoms with Crippen molar-refractivity contribution < 1.29 is 13.9 Å². The summed E-state index contributed by atoms with van der Waals surface area (Å²) in [5.74, 6) is -0.310. The molecule has 0 fully saturated rings. The fraction of sp³-hybridized carbons (Fsp3) is 0.100. The van der Waals surface area contributed by atoms with Crippen molar-refractivity contribution in [3.63, 3.8) is 0 Å². The Morgan fingerprint density at radius 2 is 2.28 bits per heavy atom. The Balaban J connectivity index is 1.96. The largest absolute Gasteiger partial charge is 0.466 e. The van der Waals surface area contributed by atoms with E-state index in [0.29, 0.717) is 5.69 Å². The van der Waals surface area contributed by atoms with Crippen molar-refractivity contribution in [2.24, 2.45) is 0 Å². The highest BCUT2D eigenvalue weighted by atomic mass is 19.1. The Kier molecular flexibility index (Phi) is 3.37. The molecule has 7 nitrogen and oxygen atoms in total. The van der Waals surface area contributed by atoms with Gasteiger partial charge in [0.05, 0.1) is 7.11 Å². The molecule has 0 atom stereocenters. The van der Waals surface area contributed by atoms with Crippen LogP contribution in [0.4, 0.5) is 20.8 Å². The third-order valence-corrected chi connectivity index (χ3v) is 1.96. The van der Waals surface area contributed by atoms with Crippen LogP contribution in [0.25, 0.3) is 0 Å². The van der Waals surface area contributed by atoms with Gasteiger partial charge >= 0.3 is 12.0 Å². The molecule has 1 aromatic carbocycles. The van der Waals surface area contributed by atoms with Crippen LogP contribution in [-0.2, 0) is 0 Å². The third-order valence-electron chi connectivity index (χ3n) is 1.96. The van der Waals surface area contributed by atoms with E-state index in [1.54, 1.807) is 6.07 Å². The molecule has 0 saturated heterocycles. The molecular formula is C10H10FN5O2. The minimum Gasteiger partial charge on any atom is -0.466 e. The lowest BCUT2D eigenvalue weighted by atomic mass is 10.3. The molecular weight excluding hydrogens is 241 g/mol. The standard InChI is InChI=1S/C10H10FN5O2/c1-18-10-14-8(15-16-10)13-9(17)12-7-4-2-3-6(11)5-7/h2-5H,1H3,(H3,12,13,14,15,16,17). The van der Waals surface area contributed by atoms with Gasteiger partial charge in [0, 0.05) is 5.69 Å². The molecule has 0 saturated carbocycles. The summed E-state index contributed by atoms with van der Waals surface area (Å²) >= 11 is 0. The number of H-pyrrole nitrogens is 1. The maximum Gasteiger partial charge on any atom is 0.336 e. The number of ether oxygens (including phenoxy) is 1. The van der Waals surface area contributed by atoms with E-state index in [4.69, 9.17) is 4.74 Å². The van der Waals surface area contributed by atoms with Gasteiger partial charge in [0.1, 0.15) is 5.82 Å². The smallest absolute Gasteiger partial charge is 0.336 e. The minimum atomic E-state index is -0.570. The number of rotatable bonds is 3. The van der Waals surface area contributed by atoms with Crippen LogP contribution < -0.4 is 15.4 Å². The first-order chi connectivity index (χ1) is 8.67. The molecule has 2 amide bonds. The molecule has 3 N–H and O–H groups in total. The van der Waals surface area contributed by atoms with Gasteiger partial charge in [-0.15, -0.1) is 5.10 Å². The van der Waals surface area contributed by atoms with Gasteiger partial charge in [-0.05, 0) is 18.2 Å². The number of amides is 2. The summed E-state index contributed by atoms with van der Waals surface area (Å²) < 4.78 is 17.6. The molecule has 0 aliphatic heterocycles. The summed E-state index contributed by atoms with van der Waals surface area (Å²) in [5, 5.41) is 10.9. The van der Waals surface area contributed by atoms with Crippen molar-refractivity contribution in [2.75, 3.05) is 17.7 Å². The van der Waals surface area contributed by atoms with Crippen LogP contribution in [0.15, 0.2) is 24.3 Å². The second-order valence-electron chi connectivity index (χ2n) is 3.26. The predicted molar refractivity (Wildman–Crippen MR) is 62.0 cm³/mol. The molecule has 0 radical (unpaired) electrons. The van der Waals surface area contributed by atoms with E-state index >= 15 is 0 Å². The minimum absolute atomic E-state index is 0.107. The molecule has 0 aliphatic carbocycles. The zero-order chi connectivity index (χ0) is 13.0. The fourth-order valence-electron chi connectivity index (χ4n) is 1.23. The molecule has 8 heteroatoms. The molecule has 0 aliphatic rings. The average Bonchev–Trinajstić information content (AvgIpc) is 2.76. The van der Waals surface area contributed by atoms with Gasteiger partial charge in [-0.3, -0.25) is 5.32 Å². The van der Waals surface area contributed by atoms with Crippen molar-refractivity contribution in [3.05, 3.63) is 30.1 Å². The number of halogens is 1. The van der Waals surface area contributed by atoms with Gasteiger partial charge in [-0.2, -0.15) is 4.98 Å². The Morgan fingerprint density at radius 3 is 2.94 bits per heavy atom. The Morgan fingerprint density at radius 1 is 1.44 bits per heavy atom. The number of urea groups is 1. The van der Waals surface area contributed by atoms with Crippen molar-refractivity contribution >= 4 is 17.7 Å². The number of hydrogen-bond donors (Lipinski definition) is 3. The SMILES string of the molecule is COc1n[nH]c(NC(=O)Nc2cccc(F)c2)n1. The second-order valence-corrected chi connectivity index (χ2v) is 3.26. The molecule has 2 rings (SSSR count). The van der Waals surface area contributed by atoms with Crippen LogP contribution in [0.1, 0.15) is 0 Å². The van der Waals surface area contributed by atoms with Crippen molar-refractivity contribution in [1.82, 2.24) is 15.2 Å². The molecule has 0 bridgehead atoms. The lowest BCUT2D eigenvalue weighted by molar-refractivity contribution is 0.262. The number of aromatic nitrogens is 3. The molecule has 1 aromatic heterocycles. The number of nitrogens with one attached hydrogen (secondary N) is 3. The van der Waals surface area contributed by atoms with Gasteiger partial charge in [0.2, 0.25) is 5.95 Å². The Labute approximate surface area is 101 Å². The first-order valence-electron chi connectivity index (χ1n) is 4.97. The van der Waals surface area contributed by atoms with E-state index in [-0.39, 0.29) is 12.0 Å². The normalized spacial score (nSPS) is 9.89. The van der Waals surface area contributed by atoms with E-state index < -0.39 is 11.8 Å². The first-order valence-corrected chi connectivity index (χ1v) is 4.97. The lowest BCUT2D eigenvalue weighted by Crippen LogP contribution is -2.20. The topological polar surface area (TPSA) is 91.9 Å². The molecule has 18 heavy (non-hydrogen) atoms. The van der Waals surface area contributed by atoms with Crippen LogP contribution >= 0.6 is 0 Å². The zero-order valence-electron chi connectivity index (χ0n) is 9.40. The number of hydrogen-bond acceptors (Lipinski definition) is 4. The van der Waals surface area contributed by atoms with Crippen LogP contribution in [-0.4, -0.2) is 28.3 Å². The van der Waals surface area contributed by atoms with Gasteiger partial charge in [-0.1, -0.05) is 6.07 Å². The third kappa shape index (κ3) is 2.94. The number of nitrogens with zero attached hydrogens (tertiary/aromatic N) is 2. The fourth-order valence-corrected chi connectivity index (χ4v) is 1.23. The van der Waals surface area contributed by atoms with Gasteiger partial charge in [-0.25, -0.2) is 14.3 Å². The van der Waals surface area contributed by atoms with E-state index in [9.17, 15) is 9.18 Å². The number of anilines is 2. The van der Waals surface area contributed by atoms with Crippen LogP contribution in [0.3, 0.4) is 0 Å². The predicted octanol–water partition coefficient (Wildman–Crippen LogP) is 1.60. The second kappa shape index (κ2) is 5.13. The quantitative estimate of drug-likeness (QED) is 0.772. The maximum absolute atomic E-state index is 12.9. The van der Waals surface area contributed by atoms with Gasteiger partial charge < -0.3 is 10.1 Å². The number of carbonyl (C=O) groups is 1. The molecule has 94 valence electrons. The Bertz CT molecular complexity index is 557. The highest BCUT2D eigenvalue weighted by Crippen LogP contribution is 2.10. The molecule has 0 unspecified atom stereocenters. The van der Waals surface area contributed by atoms with Crippen LogP contribution in [0, 0.1) is 5.82 Å². The summed E-state index contributed by atoms with van der Waals surface area (Å²) in [7, 11) is 1.40. The number of carbonyl (C=O) groups excluding carboxylic acids is 1. The van der Waals surface area contributed by atoms with E-state index in [1.165, 1.54) is 25.3 Å². The number of benzene rings is 1. The Hall–Kier alpha value is -2.64. The summed E-state index contributed by atoms with van der Waals surface area (Å²) in [6, 6.07) is 5.06. The summed E-state index contributed by atoms with van der Waals surface area (Å²) in [4.78, 5) is 15.3. The van der Waals surface area contributed by atoms with Crippen LogP contribution in [0.2, 0.25) is 0 Å². The van der Waals surface area contributed by atoms with E-state index in [1.807, 2.05) is 0 Å². The van der Waals surface area contributed by atoms with E-state index in [0.717, 1.165) is 0 Å². The highest BCUT2D eigenvalue weighted by Gasteiger charge is 2.07. The van der Waals surface area contributed by atoms with Crippen LogP contribution in [0.5, 0.6) is 6.01 Å². The van der Waals surface area contributed by atoms with Crippen molar-refractivity contribution in [1.29, 1.82) is 0 Å². The number of aromatic amines is 1. The monoisotopic (exact) mass is 251 g/mol. The van der Waals surface area contributed by atoms with Crippen molar-refractivity contribution in [2.45, 2.75) is 0 Å². The van der Waals surface area contributed by atoms with Gasteiger partial charge in [0.15, 0.2) is 0 Å². The first kappa shape index (κ1) is 11.8. The zero-order valence-corrected chi connectivity index (χ0v) is 9.40. The van der Waals surface area contributed by atoms with Crippen molar-refractivity contribution in [3.8, 4) is 6.01 Å². The summed E-state index contributed by atoms with van der Waals surface area (Å²) in [5.41, 5.74) is 0.332. The average molecular weight is 251 g/mol. The summed E-state index contributed by atoms with van der Waals surface area (Å²) in [6.07, 6.45) is 0. The highest BCUT2D eigenvalue weighted by molar-refractivity contribution is 5.98.